The summed E-state index contributed by atoms with van der Waals surface area (Å²) in [5.41, 5.74) is -0.360. The normalized spacial score (nSPS) is 14.6. The van der Waals surface area contributed by atoms with Crippen LogP contribution in [0.5, 0.6) is 0 Å². The molecule has 1 fully saturated rings. The Balaban J connectivity index is 1.61. The Morgan fingerprint density at radius 1 is 1.27 bits per heavy atom. The predicted molar refractivity (Wildman–Crippen MR) is 116 cm³/mol. The third-order valence-electron chi connectivity index (χ3n) is 4.99. The van der Waals surface area contributed by atoms with Gasteiger partial charge in [0.25, 0.3) is 11.6 Å². The summed E-state index contributed by atoms with van der Waals surface area (Å²) in [7, 11) is -4.25. The van der Waals surface area contributed by atoms with Gasteiger partial charge in [0.15, 0.2) is 6.10 Å². The van der Waals surface area contributed by atoms with Crippen LogP contribution in [0, 0.1) is 10.1 Å². The molecule has 2 N–H and O–H groups in total. The van der Waals surface area contributed by atoms with Crippen molar-refractivity contribution in [2.24, 2.45) is 0 Å². The third kappa shape index (κ3) is 6.29. The van der Waals surface area contributed by atoms with E-state index in [-0.39, 0.29) is 18.1 Å². The zero-order valence-electron chi connectivity index (χ0n) is 17.9. The van der Waals surface area contributed by atoms with Gasteiger partial charge in [-0.15, -0.1) is 0 Å². The summed E-state index contributed by atoms with van der Waals surface area (Å²) >= 11 is 0. The van der Waals surface area contributed by atoms with Gasteiger partial charge in [0.1, 0.15) is 18.0 Å². The lowest BCUT2D eigenvalue weighted by molar-refractivity contribution is -0.384. The van der Waals surface area contributed by atoms with Crippen LogP contribution in [-0.4, -0.2) is 55.9 Å². The highest BCUT2D eigenvalue weighted by atomic mass is 32.2. The topological polar surface area (TPSA) is 161 Å². The van der Waals surface area contributed by atoms with Gasteiger partial charge >= 0.3 is 5.97 Å². The Morgan fingerprint density at radius 3 is 2.64 bits per heavy atom. The van der Waals surface area contributed by atoms with E-state index in [0.29, 0.717) is 18.8 Å². The minimum atomic E-state index is -4.25. The molecule has 0 bridgehead atoms. The van der Waals surface area contributed by atoms with Crippen molar-refractivity contribution in [2.45, 2.75) is 37.3 Å². The quantitative estimate of drug-likeness (QED) is 0.292. The molecule has 1 unspecified atom stereocenters. The minimum Gasteiger partial charge on any atom is -0.467 e. The molecule has 0 spiro atoms. The molecule has 0 aliphatic carbocycles. The summed E-state index contributed by atoms with van der Waals surface area (Å²) in [6.45, 7) is 2.05. The van der Waals surface area contributed by atoms with Crippen LogP contribution in [0.2, 0.25) is 0 Å². The van der Waals surface area contributed by atoms with E-state index in [1.54, 1.807) is 17.0 Å². The first-order chi connectivity index (χ1) is 15.7. The molecule has 1 aliphatic heterocycles. The lowest BCUT2D eigenvalue weighted by Gasteiger charge is -2.20. The van der Waals surface area contributed by atoms with Crippen molar-refractivity contribution >= 4 is 33.3 Å². The number of carbonyl (C=O) groups is 2. The summed E-state index contributed by atoms with van der Waals surface area (Å²) < 4.78 is 37.3. The molecule has 1 amide bonds. The van der Waals surface area contributed by atoms with E-state index in [9.17, 15) is 28.1 Å². The van der Waals surface area contributed by atoms with Gasteiger partial charge < -0.3 is 19.4 Å². The molecular weight excluding hydrogens is 456 g/mol. The number of nitrogens with one attached hydrogen (secondary N) is 2. The fourth-order valence-corrected chi connectivity index (χ4v) is 4.28. The van der Waals surface area contributed by atoms with Crippen molar-refractivity contribution in [2.75, 3.05) is 25.0 Å². The molecule has 2 heterocycles. The summed E-state index contributed by atoms with van der Waals surface area (Å²) in [6, 6.07) is 6.66. The average Bonchev–Trinajstić information content (AvgIpc) is 3.50. The number of likely N-dealkylation sites (tertiary alicyclic amines) is 1. The van der Waals surface area contributed by atoms with Crippen LogP contribution in [0.1, 0.15) is 25.5 Å². The lowest BCUT2D eigenvalue weighted by Crippen LogP contribution is -2.40. The monoisotopic (exact) mass is 480 g/mol. The molecule has 2 aromatic rings. The van der Waals surface area contributed by atoms with Gasteiger partial charge in [-0.25, -0.2) is 8.42 Å². The van der Waals surface area contributed by atoms with E-state index >= 15 is 0 Å². The molecule has 3 rings (SSSR count). The van der Waals surface area contributed by atoms with E-state index in [1.807, 2.05) is 4.72 Å². The maximum Gasteiger partial charge on any atom is 0.321 e. The number of nitro benzene ring substituents is 1. The largest absolute Gasteiger partial charge is 0.467 e. The van der Waals surface area contributed by atoms with Crippen molar-refractivity contribution in [3.8, 4) is 0 Å². The molecule has 178 valence electrons. The highest BCUT2D eigenvalue weighted by molar-refractivity contribution is 7.89. The van der Waals surface area contributed by atoms with E-state index in [2.05, 4.69) is 5.32 Å². The minimum absolute atomic E-state index is 0.101. The number of hydrogen-bond donors (Lipinski definition) is 2. The number of hydrogen-bond acceptors (Lipinski definition) is 9. The summed E-state index contributed by atoms with van der Waals surface area (Å²) in [6.07, 6.45) is 2.19. The van der Waals surface area contributed by atoms with Gasteiger partial charge in [-0.05, 0) is 44.0 Å². The standard InChI is InChI=1S/C20H24N4O8S/c1-14(20(26)23-8-2-3-9-23)32-19(25)13-22-33(29,30)16-6-7-17(18(11-16)24(27)28)21-12-15-5-4-10-31-15/h4-7,10-11,14,21-22H,2-3,8-9,12-13H2,1H3. The number of anilines is 1. The zero-order chi connectivity index (χ0) is 24.0. The average molecular weight is 480 g/mol. The lowest BCUT2D eigenvalue weighted by atomic mass is 10.2. The maximum absolute atomic E-state index is 12.5. The van der Waals surface area contributed by atoms with E-state index in [0.717, 1.165) is 18.9 Å². The second-order valence-corrected chi connectivity index (χ2v) is 9.12. The van der Waals surface area contributed by atoms with Crippen LogP contribution in [0.3, 0.4) is 0 Å². The summed E-state index contributed by atoms with van der Waals surface area (Å²) in [5, 5.41) is 14.3. The van der Waals surface area contributed by atoms with Crippen molar-refractivity contribution in [3.05, 3.63) is 52.5 Å². The number of furan rings is 1. The molecule has 12 nitrogen and oxygen atoms in total. The molecule has 1 atom stereocenters. The van der Waals surface area contributed by atoms with E-state index in [1.165, 1.54) is 25.3 Å². The number of benzene rings is 1. The molecule has 0 saturated carbocycles. The molecule has 1 aliphatic rings. The van der Waals surface area contributed by atoms with Gasteiger partial charge in [0, 0.05) is 19.2 Å². The van der Waals surface area contributed by atoms with Crippen LogP contribution in [-0.2, 0) is 30.9 Å². The number of esters is 1. The number of nitro groups is 1. The Bertz CT molecular complexity index is 1110. The fraction of sp³-hybridized carbons (Fsp3) is 0.400. The number of nitrogens with zero attached hydrogens (tertiary/aromatic N) is 2. The number of carbonyl (C=O) groups excluding carboxylic acids is 2. The second-order valence-electron chi connectivity index (χ2n) is 7.36. The molecule has 33 heavy (non-hydrogen) atoms. The van der Waals surface area contributed by atoms with E-state index < -0.39 is 44.1 Å². The fourth-order valence-electron chi connectivity index (χ4n) is 3.30. The Morgan fingerprint density at radius 2 is 2.00 bits per heavy atom. The van der Waals surface area contributed by atoms with Crippen LogP contribution in [0.4, 0.5) is 11.4 Å². The van der Waals surface area contributed by atoms with Gasteiger partial charge in [-0.3, -0.25) is 19.7 Å². The molecule has 13 heteroatoms. The molecule has 1 aromatic heterocycles. The highest BCUT2D eigenvalue weighted by Crippen LogP contribution is 2.28. The first kappa shape index (κ1) is 24.2. The van der Waals surface area contributed by atoms with Gasteiger partial charge in [0.2, 0.25) is 10.0 Å². The Hall–Kier alpha value is -3.45. The molecular formula is C20H24N4O8S. The van der Waals surface area contributed by atoms with Gasteiger partial charge in [-0.1, -0.05) is 0 Å². The van der Waals surface area contributed by atoms with Crippen molar-refractivity contribution < 1.29 is 32.1 Å². The first-order valence-electron chi connectivity index (χ1n) is 10.2. The van der Waals surface area contributed by atoms with Crippen LogP contribution >= 0.6 is 0 Å². The molecule has 0 radical (unpaired) electrons. The molecule has 1 saturated heterocycles. The second kappa shape index (κ2) is 10.4. The van der Waals surface area contributed by atoms with Crippen molar-refractivity contribution in [3.63, 3.8) is 0 Å². The summed E-state index contributed by atoms with van der Waals surface area (Å²) in [4.78, 5) is 36.1. The van der Waals surface area contributed by atoms with E-state index in [4.69, 9.17) is 9.15 Å². The Kier molecular flexibility index (Phi) is 7.66. The van der Waals surface area contributed by atoms with Gasteiger partial charge in [0.05, 0.1) is 22.6 Å². The third-order valence-corrected chi connectivity index (χ3v) is 6.39. The predicted octanol–water partition coefficient (Wildman–Crippen LogP) is 1.63. The number of amides is 1. The molecule has 1 aromatic carbocycles. The van der Waals surface area contributed by atoms with Crippen LogP contribution in [0.15, 0.2) is 45.9 Å². The van der Waals surface area contributed by atoms with Crippen molar-refractivity contribution in [1.82, 2.24) is 9.62 Å². The number of rotatable bonds is 10. The number of ether oxygens (including phenoxy) is 1. The smallest absolute Gasteiger partial charge is 0.321 e. The van der Waals surface area contributed by atoms with Gasteiger partial charge in [-0.2, -0.15) is 4.72 Å². The zero-order valence-corrected chi connectivity index (χ0v) is 18.7. The van der Waals surface area contributed by atoms with Crippen LogP contribution in [0.25, 0.3) is 0 Å². The summed E-state index contributed by atoms with van der Waals surface area (Å²) in [5.74, 6) is -0.736. The SMILES string of the molecule is CC(OC(=O)CNS(=O)(=O)c1ccc(NCc2ccco2)c([N+](=O)[O-])c1)C(=O)N1CCCC1. The van der Waals surface area contributed by atoms with Crippen molar-refractivity contribution in [1.29, 1.82) is 0 Å². The number of sulfonamides is 1. The highest BCUT2D eigenvalue weighted by Gasteiger charge is 2.27. The first-order valence-corrected chi connectivity index (χ1v) is 11.7. The van der Waals surface area contributed by atoms with Crippen LogP contribution < -0.4 is 10.0 Å². The maximum atomic E-state index is 12.5. The Labute approximate surface area is 190 Å².